The molecule has 2 rings (SSSR count). The number of hydrogen-bond donors (Lipinski definition) is 2. The summed E-state index contributed by atoms with van der Waals surface area (Å²) in [5, 5.41) is 2.89. The number of carbonyl (C=O) groups is 2. The lowest BCUT2D eigenvalue weighted by molar-refractivity contribution is -0.127. The minimum atomic E-state index is -0.495. The van der Waals surface area contributed by atoms with Crippen LogP contribution in [0.15, 0.2) is 18.2 Å². The van der Waals surface area contributed by atoms with Crippen molar-refractivity contribution in [3.8, 4) is 11.5 Å². The van der Waals surface area contributed by atoms with Crippen LogP contribution in [0.4, 0.5) is 5.69 Å². The lowest BCUT2D eigenvalue weighted by Crippen LogP contribution is -2.51. The summed E-state index contributed by atoms with van der Waals surface area (Å²) < 4.78 is 10.5. The summed E-state index contributed by atoms with van der Waals surface area (Å²) in [6, 6.07) is 5.24. The number of rotatable bonds is 6. The largest absolute Gasteiger partial charge is 0.497 e. The molecule has 1 aliphatic rings. The first kappa shape index (κ1) is 21.1. The zero-order valence-electron chi connectivity index (χ0n) is 15.0. The lowest BCUT2D eigenvalue weighted by Gasteiger charge is -2.26. The van der Waals surface area contributed by atoms with Gasteiger partial charge in [-0.2, -0.15) is 0 Å². The molecule has 0 saturated carbocycles. The predicted molar refractivity (Wildman–Crippen MR) is 98.5 cm³/mol. The molecule has 2 amide bonds. The Kier molecular flexibility index (Phi) is 7.07. The third kappa shape index (κ3) is 4.76. The SMILES string of the molecule is COc1ccc(N2CC(C(=O)NC(C)(C)CN)CC2=O)c(OC)c1.Cl. The molecule has 1 unspecified atom stereocenters. The number of benzene rings is 1. The fourth-order valence-electron chi connectivity index (χ4n) is 2.61. The van der Waals surface area contributed by atoms with Gasteiger partial charge in [-0.05, 0) is 26.0 Å². The molecule has 1 aromatic carbocycles. The second kappa shape index (κ2) is 8.40. The molecular formula is C17H26ClN3O4. The summed E-state index contributed by atoms with van der Waals surface area (Å²) in [7, 11) is 3.10. The smallest absolute Gasteiger partial charge is 0.227 e. The van der Waals surface area contributed by atoms with E-state index in [-0.39, 0.29) is 30.6 Å². The summed E-state index contributed by atoms with van der Waals surface area (Å²) in [6.45, 7) is 4.35. The number of amides is 2. The third-order valence-corrected chi connectivity index (χ3v) is 4.15. The van der Waals surface area contributed by atoms with Crippen LogP contribution < -0.4 is 25.4 Å². The molecule has 1 aromatic rings. The van der Waals surface area contributed by atoms with Gasteiger partial charge in [0.05, 0.1) is 25.8 Å². The van der Waals surface area contributed by atoms with E-state index in [2.05, 4.69) is 5.32 Å². The number of methoxy groups -OCH3 is 2. The summed E-state index contributed by atoms with van der Waals surface area (Å²) in [5.74, 6) is 0.500. The highest BCUT2D eigenvalue weighted by molar-refractivity contribution is 6.01. The third-order valence-electron chi connectivity index (χ3n) is 4.15. The first-order chi connectivity index (χ1) is 11.3. The highest BCUT2D eigenvalue weighted by Gasteiger charge is 2.37. The van der Waals surface area contributed by atoms with Crippen LogP contribution >= 0.6 is 12.4 Å². The van der Waals surface area contributed by atoms with Gasteiger partial charge in [0.1, 0.15) is 11.5 Å². The molecule has 1 saturated heterocycles. The summed E-state index contributed by atoms with van der Waals surface area (Å²) in [5.41, 5.74) is 5.78. The molecule has 1 fully saturated rings. The van der Waals surface area contributed by atoms with Gasteiger partial charge < -0.3 is 25.4 Å². The maximum atomic E-state index is 12.4. The molecule has 1 atom stereocenters. The lowest BCUT2D eigenvalue weighted by atomic mass is 10.0. The number of nitrogens with one attached hydrogen (secondary N) is 1. The quantitative estimate of drug-likeness (QED) is 0.786. The molecule has 7 nitrogen and oxygen atoms in total. The molecular weight excluding hydrogens is 346 g/mol. The van der Waals surface area contributed by atoms with Gasteiger partial charge in [0.15, 0.2) is 0 Å². The second-order valence-electron chi connectivity index (χ2n) is 6.52. The molecule has 0 radical (unpaired) electrons. The standard InChI is InChI=1S/C17H25N3O4.ClH/c1-17(2,10-18)19-16(22)11-7-15(21)20(9-11)13-6-5-12(23-3)8-14(13)24-4;/h5-6,8,11H,7,9-10,18H2,1-4H3,(H,19,22);1H. The van der Waals surface area contributed by atoms with Crippen molar-refractivity contribution in [2.45, 2.75) is 25.8 Å². The van der Waals surface area contributed by atoms with Crippen molar-refractivity contribution in [2.24, 2.45) is 11.7 Å². The highest BCUT2D eigenvalue weighted by atomic mass is 35.5. The van der Waals surface area contributed by atoms with Crippen molar-refractivity contribution < 1.29 is 19.1 Å². The van der Waals surface area contributed by atoms with Gasteiger partial charge in [-0.3, -0.25) is 9.59 Å². The Balaban J connectivity index is 0.00000312. The topological polar surface area (TPSA) is 93.9 Å². The van der Waals surface area contributed by atoms with Crippen molar-refractivity contribution in [1.29, 1.82) is 0 Å². The Morgan fingerprint density at radius 3 is 2.60 bits per heavy atom. The van der Waals surface area contributed by atoms with Gasteiger partial charge in [-0.25, -0.2) is 0 Å². The van der Waals surface area contributed by atoms with Crippen LogP contribution in [0.3, 0.4) is 0 Å². The van der Waals surface area contributed by atoms with Crippen LogP contribution in [-0.2, 0) is 9.59 Å². The van der Waals surface area contributed by atoms with Crippen molar-refractivity contribution in [3.63, 3.8) is 0 Å². The van der Waals surface area contributed by atoms with Crippen molar-refractivity contribution in [2.75, 3.05) is 32.2 Å². The summed E-state index contributed by atoms with van der Waals surface area (Å²) >= 11 is 0. The van der Waals surface area contributed by atoms with E-state index in [1.807, 2.05) is 13.8 Å². The van der Waals surface area contributed by atoms with Gasteiger partial charge in [-0.15, -0.1) is 12.4 Å². The second-order valence-corrected chi connectivity index (χ2v) is 6.52. The van der Waals surface area contributed by atoms with E-state index in [1.165, 1.54) is 7.11 Å². The number of ether oxygens (including phenoxy) is 2. The molecule has 8 heteroatoms. The van der Waals surface area contributed by atoms with Crippen LogP contribution in [0, 0.1) is 5.92 Å². The van der Waals surface area contributed by atoms with E-state index in [0.717, 1.165) is 0 Å². The van der Waals surface area contributed by atoms with Gasteiger partial charge >= 0.3 is 0 Å². The van der Waals surface area contributed by atoms with E-state index < -0.39 is 11.5 Å². The molecule has 140 valence electrons. The maximum Gasteiger partial charge on any atom is 0.227 e. The fraction of sp³-hybridized carbons (Fsp3) is 0.529. The van der Waals surface area contributed by atoms with Crippen LogP contribution in [0.2, 0.25) is 0 Å². The minimum Gasteiger partial charge on any atom is -0.497 e. The summed E-state index contributed by atoms with van der Waals surface area (Å²) in [6.07, 6.45) is 0.168. The van der Waals surface area contributed by atoms with Crippen molar-refractivity contribution in [1.82, 2.24) is 5.32 Å². The predicted octanol–water partition coefficient (Wildman–Crippen LogP) is 1.33. The Morgan fingerprint density at radius 1 is 1.36 bits per heavy atom. The van der Waals surface area contributed by atoms with Gasteiger partial charge in [0, 0.05) is 31.1 Å². The molecule has 1 aliphatic heterocycles. The van der Waals surface area contributed by atoms with Gasteiger partial charge in [0.25, 0.3) is 0 Å². The van der Waals surface area contributed by atoms with Crippen LogP contribution in [0.1, 0.15) is 20.3 Å². The van der Waals surface area contributed by atoms with Crippen LogP contribution in [-0.4, -0.2) is 44.7 Å². The highest BCUT2D eigenvalue weighted by Crippen LogP contribution is 2.35. The number of nitrogens with two attached hydrogens (primary N) is 1. The molecule has 25 heavy (non-hydrogen) atoms. The van der Waals surface area contributed by atoms with Crippen molar-refractivity contribution >= 4 is 29.9 Å². The van der Waals surface area contributed by atoms with Crippen LogP contribution in [0.5, 0.6) is 11.5 Å². The molecule has 0 aliphatic carbocycles. The number of nitrogens with zero attached hydrogens (tertiary/aromatic N) is 1. The molecule has 1 heterocycles. The van der Waals surface area contributed by atoms with E-state index in [4.69, 9.17) is 15.2 Å². The van der Waals surface area contributed by atoms with E-state index >= 15 is 0 Å². The average molecular weight is 372 g/mol. The average Bonchev–Trinajstić information content (AvgIpc) is 2.95. The van der Waals surface area contributed by atoms with E-state index in [0.29, 0.717) is 30.3 Å². The fourth-order valence-corrected chi connectivity index (χ4v) is 2.61. The van der Waals surface area contributed by atoms with Crippen LogP contribution in [0.25, 0.3) is 0 Å². The zero-order valence-corrected chi connectivity index (χ0v) is 15.8. The summed E-state index contributed by atoms with van der Waals surface area (Å²) in [4.78, 5) is 26.4. The Labute approximate surface area is 154 Å². The van der Waals surface area contributed by atoms with E-state index in [9.17, 15) is 9.59 Å². The van der Waals surface area contributed by atoms with E-state index in [1.54, 1.807) is 30.2 Å². The van der Waals surface area contributed by atoms with Gasteiger partial charge in [-0.1, -0.05) is 0 Å². The Morgan fingerprint density at radius 2 is 2.04 bits per heavy atom. The molecule has 0 spiro atoms. The molecule has 3 N–H and O–H groups in total. The first-order valence-electron chi connectivity index (χ1n) is 7.85. The number of hydrogen-bond acceptors (Lipinski definition) is 5. The van der Waals surface area contributed by atoms with Crippen molar-refractivity contribution in [3.05, 3.63) is 18.2 Å². The number of carbonyl (C=O) groups excluding carboxylic acids is 2. The molecule has 0 aromatic heterocycles. The Hall–Kier alpha value is -1.99. The number of halogens is 1. The minimum absolute atomic E-state index is 0. The first-order valence-corrected chi connectivity index (χ1v) is 7.85. The zero-order chi connectivity index (χ0) is 17.9. The number of anilines is 1. The molecule has 0 bridgehead atoms. The monoisotopic (exact) mass is 371 g/mol. The Bertz CT molecular complexity index is 636. The van der Waals surface area contributed by atoms with Gasteiger partial charge in [0.2, 0.25) is 11.8 Å². The normalized spacial score (nSPS) is 17.1. The maximum absolute atomic E-state index is 12.4.